The van der Waals surface area contributed by atoms with Gasteiger partial charge in [-0.1, -0.05) is 18.1 Å². The SMILES string of the molecule is C#CCNCC(=O)Nc1ccccc1N1CCCCC1. The van der Waals surface area contributed by atoms with Crippen molar-refractivity contribution >= 4 is 17.3 Å². The number of terminal acetylenes is 1. The zero-order chi connectivity index (χ0) is 14.2. The van der Waals surface area contributed by atoms with Crippen LogP contribution in [0, 0.1) is 12.3 Å². The Hall–Kier alpha value is -1.99. The first-order chi connectivity index (χ1) is 9.81. The molecule has 1 aromatic carbocycles. The van der Waals surface area contributed by atoms with Gasteiger partial charge in [-0.15, -0.1) is 6.42 Å². The average Bonchev–Trinajstić information content (AvgIpc) is 2.49. The lowest BCUT2D eigenvalue weighted by Crippen LogP contribution is -2.32. The summed E-state index contributed by atoms with van der Waals surface area (Å²) in [6, 6.07) is 7.97. The first-order valence-corrected chi connectivity index (χ1v) is 7.09. The molecule has 4 nitrogen and oxygen atoms in total. The van der Waals surface area contributed by atoms with E-state index < -0.39 is 0 Å². The van der Waals surface area contributed by atoms with E-state index in [4.69, 9.17) is 6.42 Å². The van der Waals surface area contributed by atoms with Crippen LogP contribution in [0.3, 0.4) is 0 Å². The Morgan fingerprint density at radius 1 is 1.25 bits per heavy atom. The Labute approximate surface area is 120 Å². The first-order valence-electron chi connectivity index (χ1n) is 7.09. The van der Waals surface area contributed by atoms with Gasteiger partial charge >= 0.3 is 0 Å². The van der Waals surface area contributed by atoms with Gasteiger partial charge in [-0.05, 0) is 31.4 Å². The van der Waals surface area contributed by atoms with Crippen molar-refractivity contribution < 1.29 is 4.79 Å². The van der Waals surface area contributed by atoms with Crippen molar-refractivity contribution in [3.8, 4) is 12.3 Å². The van der Waals surface area contributed by atoms with Crippen LogP contribution in [0.5, 0.6) is 0 Å². The Kier molecular flexibility index (Phi) is 5.45. The molecule has 0 spiro atoms. The second-order valence-corrected chi connectivity index (χ2v) is 4.92. The molecule has 0 aromatic heterocycles. The standard InChI is InChI=1S/C16H21N3O/c1-2-10-17-13-16(20)18-14-8-4-5-9-15(14)19-11-6-3-7-12-19/h1,4-5,8-9,17H,3,6-7,10-13H2,(H,18,20). The molecule has 0 bridgehead atoms. The molecular formula is C16H21N3O. The molecule has 1 aromatic rings. The molecule has 1 aliphatic rings. The Morgan fingerprint density at radius 2 is 2.00 bits per heavy atom. The Balaban J connectivity index is 2.00. The lowest BCUT2D eigenvalue weighted by molar-refractivity contribution is -0.115. The number of amides is 1. The fourth-order valence-electron chi connectivity index (χ4n) is 2.43. The van der Waals surface area contributed by atoms with Gasteiger partial charge in [0.15, 0.2) is 0 Å². The van der Waals surface area contributed by atoms with Crippen LogP contribution in [0.4, 0.5) is 11.4 Å². The second-order valence-electron chi connectivity index (χ2n) is 4.92. The van der Waals surface area contributed by atoms with Crippen molar-refractivity contribution in [3.05, 3.63) is 24.3 Å². The lowest BCUT2D eigenvalue weighted by atomic mass is 10.1. The highest BCUT2D eigenvalue weighted by molar-refractivity contribution is 5.95. The third-order valence-corrected chi connectivity index (χ3v) is 3.39. The number of nitrogens with zero attached hydrogens (tertiary/aromatic N) is 1. The van der Waals surface area contributed by atoms with Gasteiger partial charge in [0.2, 0.25) is 5.91 Å². The van der Waals surface area contributed by atoms with E-state index in [0.717, 1.165) is 24.5 Å². The van der Waals surface area contributed by atoms with E-state index in [2.05, 4.69) is 27.5 Å². The number of rotatable bonds is 5. The summed E-state index contributed by atoms with van der Waals surface area (Å²) in [6.07, 6.45) is 8.86. The van der Waals surface area contributed by atoms with E-state index in [1.165, 1.54) is 19.3 Å². The predicted octanol–water partition coefficient (Wildman–Crippen LogP) is 1.84. The zero-order valence-corrected chi connectivity index (χ0v) is 11.7. The number of benzene rings is 1. The molecule has 0 saturated carbocycles. The number of anilines is 2. The predicted molar refractivity (Wildman–Crippen MR) is 82.8 cm³/mol. The molecule has 1 fully saturated rings. The molecule has 0 atom stereocenters. The van der Waals surface area contributed by atoms with Crippen molar-refractivity contribution in [1.29, 1.82) is 0 Å². The van der Waals surface area contributed by atoms with Gasteiger partial charge in [0.1, 0.15) is 0 Å². The number of carbonyl (C=O) groups excluding carboxylic acids is 1. The smallest absolute Gasteiger partial charge is 0.238 e. The summed E-state index contributed by atoms with van der Waals surface area (Å²) in [5, 5.41) is 5.85. The van der Waals surface area contributed by atoms with Crippen LogP contribution in [-0.2, 0) is 4.79 Å². The Bertz CT molecular complexity index is 487. The molecule has 1 amide bonds. The molecular weight excluding hydrogens is 250 g/mol. The number of carbonyl (C=O) groups is 1. The van der Waals surface area contributed by atoms with E-state index in [9.17, 15) is 4.79 Å². The van der Waals surface area contributed by atoms with Crippen LogP contribution in [0.25, 0.3) is 0 Å². The van der Waals surface area contributed by atoms with Gasteiger partial charge in [0.05, 0.1) is 24.5 Å². The van der Waals surface area contributed by atoms with Gasteiger partial charge in [-0.2, -0.15) is 0 Å². The Morgan fingerprint density at radius 3 is 2.75 bits per heavy atom. The topological polar surface area (TPSA) is 44.4 Å². The van der Waals surface area contributed by atoms with E-state index in [-0.39, 0.29) is 12.5 Å². The maximum Gasteiger partial charge on any atom is 0.238 e. The summed E-state index contributed by atoms with van der Waals surface area (Å²) < 4.78 is 0. The molecule has 4 heteroatoms. The summed E-state index contributed by atoms with van der Waals surface area (Å²) in [5.74, 6) is 2.39. The summed E-state index contributed by atoms with van der Waals surface area (Å²) in [5.41, 5.74) is 1.99. The van der Waals surface area contributed by atoms with Gasteiger partial charge in [0.25, 0.3) is 0 Å². The summed E-state index contributed by atoms with van der Waals surface area (Å²) >= 11 is 0. The maximum absolute atomic E-state index is 11.9. The third-order valence-electron chi connectivity index (χ3n) is 3.39. The minimum Gasteiger partial charge on any atom is -0.370 e. The summed E-state index contributed by atoms with van der Waals surface area (Å²) in [4.78, 5) is 14.2. The lowest BCUT2D eigenvalue weighted by Gasteiger charge is -2.30. The monoisotopic (exact) mass is 271 g/mol. The van der Waals surface area contributed by atoms with Gasteiger partial charge in [0, 0.05) is 13.1 Å². The molecule has 106 valence electrons. The van der Waals surface area contributed by atoms with Crippen LogP contribution in [0.2, 0.25) is 0 Å². The molecule has 0 unspecified atom stereocenters. The average molecular weight is 271 g/mol. The van der Waals surface area contributed by atoms with E-state index >= 15 is 0 Å². The number of piperidine rings is 1. The molecule has 2 N–H and O–H groups in total. The third kappa shape index (κ3) is 4.01. The van der Waals surface area contributed by atoms with Gasteiger partial charge in [-0.3, -0.25) is 10.1 Å². The normalized spacial score (nSPS) is 14.7. The van der Waals surface area contributed by atoms with E-state index in [1.54, 1.807) is 0 Å². The van der Waals surface area contributed by atoms with Crippen LogP contribution in [0.15, 0.2) is 24.3 Å². The van der Waals surface area contributed by atoms with Crippen LogP contribution < -0.4 is 15.5 Å². The van der Waals surface area contributed by atoms with Crippen LogP contribution in [0.1, 0.15) is 19.3 Å². The van der Waals surface area contributed by atoms with Crippen molar-refractivity contribution in [3.63, 3.8) is 0 Å². The van der Waals surface area contributed by atoms with Gasteiger partial charge < -0.3 is 10.2 Å². The number of nitrogens with one attached hydrogen (secondary N) is 2. The minimum absolute atomic E-state index is 0.0651. The highest BCUT2D eigenvalue weighted by Crippen LogP contribution is 2.28. The molecule has 0 aliphatic carbocycles. The highest BCUT2D eigenvalue weighted by atomic mass is 16.1. The molecule has 2 rings (SSSR count). The largest absolute Gasteiger partial charge is 0.370 e. The second kappa shape index (κ2) is 7.56. The van der Waals surface area contributed by atoms with Gasteiger partial charge in [-0.25, -0.2) is 0 Å². The fourth-order valence-corrected chi connectivity index (χ4v) is 2.43. The maximum atomic E-state index is 11.9. The summed E-state index contributed by atoms with van der Waals surface area (Å²) in [6.45, 7) is 2.75. The molecule has 1 saturated heterocycles. The van der Waals surface area contributed by atoms with E-state index in [0.29, 0.717) is 6.54 Å². The van der Waals surface area contributed by atoms with Crippen molar-refractivity contribution in [2.75, 3.05) is 36.4 Å². The quantitative estimate of drug-likeness (QED) is 0.634. The van der Waals surface area contributed by atoms with Crippen molar-refractivity contribution in [1.82, 2.24) is 5.32 Å². The number of hydrogen-bond acceptors (Lipinski definition) is 3. The molecule has 20 heavy (non-hydrogen) atoms. The minimum atomic E-state index is -0.0651. The van der Waals surface area contributed by atoms with Crippen molar-refractivity contribution in [2.24, 2.45) is 0 Å². The van der Waals surface area contributed by atoms with Crippen molar-refractivity contribution in [2.45, 2.75) is 19.3 Å². The van der Waals surface area contributed by atoms with Crippen LogP contribution >= 0.6 is 0 Å². The first kappa shape index (κ1) is 14.4. The number of para-hydroxylation sites is 2. The van der Waals surface area contributed by atoms with E-state index in [1.807, 2.05) is 18.2 Å². The zero-order valence-electron chi connectivity index (χ0n) is 11.7. The molecule has 1 heterocycles. The molecule has 0 radical (unpaired) electrons. The highest BCUT2D eigenvalue weighted by Gasteiger charge is 2.15. The summed E-state index contributed by atoms with van der Waals surface area (Å²) in [7, 11) is 0. The van der Waals surface area contributed by atoms with Crippen LogP contribution in [-0.4, -0.2) is 32.1 Å². The fraction of sp³-hybridized carbons (Fsp3) is 0.438. The molecule has 1 aliphatic heterocycles. The number of hydrogen-bond donors (Lipinski definition) is 2.